The van der Waals surface area contributed by atoms with Crippen molar-refractivity contribution in [1.82, 2.24) is 84.1 Å². The molecule has 38 nitrogen and oxygen atoms in total. The van der Waals surface area contributed by atoms with Gasteiger partial charge in [-0.25, -0.2) is 0 Å². The fourth-order valence-electron chi connectivity index (χ4n) is 13.9. The maximum Gasteiger partial charge on any atom is 0.245 e. The largest absolute Gasteiger partial charge is 0.508 e. The van der Waals surface area contributed by atoms with E-state index in [2.05, 4.69) is 97.9 Å². The van der Waals surface area contributed by atoms with Crippen molar-refractivity contribution in [3.05, 3.63) is 138 Å². The lowest BCUT2D eigenvalue weighted by Gasteiger charge is -2.29. The molecule has 0 radical (unpaired) electrons. The fraction of sp³-hybridized carbons (Fsp3) is 0.471. The van der Waals surface area contributed by atoms with Crippen molar-refractivity contribution in [2.75, 3.05) is 45.9 Å². The van der Waals surface area contributed by atoms with Crippen LogP contribution in [0.25, 0.3) is 32.7 Å². The molecule has 0 aliphatic heterocycles. The molecule has 123 heavy (non-hydrogen) atoms. The third-order valence-corrected chi connectivity index (χ3v) is 20.9. The molecule has 0 bridgehead atoms. The van der Waals surface area contributed by atoms with Crippen molar-refractivity contribution in [2.45, 2.75) is 197 Å². The van der Waals surface area contributed by atoms with Crippen LogP contribution >= 0.6 is 0 Å². The van der Waals surface area contributed by atoms with Gasteiger partial charge in [-0.1, -0.05) is 120 Å². The SMILES string of the molecule is CC[C@H](C)[C@H](NC(=O)[C@H](Cc1c[nH]c2ccccc12)NC(=O)[C@H](Cc1c[nH]c2ccccc12)NC(=O)[C@@H](CCCN)NC(=O)CNC(=O)[C@H](CCCN)NC(=O)[C@@H](CCCN)NC(=O)[C@@H](Cc1c[nH]c2ccccc12)NC(=O)[C@@H](Cc1ccc(O)cc1)NC(=O)[C@@H](CO)NC(=O)CCCCCC(C)C)C(=O)N[C@@H](CC(N)=O)C(=O)NCC(=O)NCC(N)=O. The molecule has 0 unspecified atom stereocenters. The second-order valence-corrected chi connectivity index (χ2v) is 30.9. The lowest BCUT2D eigenvalue weighted by molar-refractivity contribution is -0.136. The lowest BCUT2D eigenvalue weighted by Crippen LogP contribution is -2.61. The van der Waals surface area contributed by atoms with Crippen LogP contribution in [0.15, 0.2) is 116 Å². The zero-order valence-electron chi connectivity index (χ0n) is 69.8. The van der Waals surface area contributed by atoms with Gasteiger partial charge in [0.15, 0.2) is 0 Å². The van der Waals surface area contributed by atoms with Gasteiger partial charge in [0.2, 0.25) is 88.6 Å². The Bertz CT molecular complexity index is 4760. The number of H-pyrrole nitrogens is 3. The number of carbonyl (C=O) groups is 15. The number of aliphatic hydroxyl groups excluding tert-OH is 1. The highest BCUT2D eigenvalue weighted by Crippen LogP contribution is 2.25. The number of hydrogen-bond acceptors (Lipinski definition) is 20. The number of rotatable bonds is 54. The number of aliphatic hydroxyl groups is 1. The van der Waals surface area contributed by atoms with Gasteiger partial charge >= 0.3 is 0 Å². The van der Waals surface area contributed by atoms with Gasteiger partial charge in [0.05, 0.1) is 32.7 Å². The molecule has 0 fully saturated rings. The molecule has 3 aromatic heterocycles. The van der Waals surface area contributed by atoms with Crippen molar-refractivity contribution in [3.63, 3.8) is 0 Å². The van der Waals surface area contributed by atoms with Gasteiger partial charge in [0.1, 0.15) is 66.2 Å². The Kier molecular flexibility index (Phi) is 39.4. The van der Waals surface area contributed by atoms with Crippen LogP contribution in [0.3, 0.4) is 0 Å². The van der Waals surface area contributed by atoms with Gasteiger partial charge in [-0.2, -0.15) is 0 Å². The van der Waals surface area contributed by atoms with Gasteiger partial charge in [-0.05, 0) is 129 Å². The van der Waals surface area contributed by atoms with Crippen molar-refractivity contribution in [1.29, 1.82) is 0 Å². The number of benzene rings is 4. The molecule has 11 atom stereocenters. The summed E-state index contributed by atoms with van der Waals surface area (Å²) in [7, 11) is 0. The van der Waals surface area contributed by atoms with E-state index in [0.29, 0.717) is 67.3 Å². The first kappa shape index (κ1) is 97.3. The molecule has 0 aliphatic carbocycles. The van der Waals surface area contributed by atoms with Crippen LogP contribution < -0.4 is 97.8 Å². The molecular weight excluding hydrogens is 1590 g/mol. The number of amides is 15. The van der Waals surface area contributed by atoms with E-state index in [1.54, 1.807) is 105 Å². The van der Waals surface area contributed by atoms with Gasteiger partial charge in [0.25, 0.3) is 0 Å². The van der Waals surface area contributed by atoms with Gasteiger partial charge in [-0.15, -0.1) is 0 Å². The van der Waals surface area contributed by atoms with Gasteiger partial charge < -0.3 is 123 Å². The summed E-state index contributed by atoms with van der Waals surface area (Å²) in [5.41, 5.74) is 32.7. The standard InChI is InChI=1S/C85H119N21O17/c1-5-49(4)75(85(123)105-68(40-70(89)109)77(115)95-45-73(112)94-44-71(90)110)106-83(121)67(39-53-43-93-60-24-14-11-21-57(53)60)104-82(120)66(38-52-42-92-59-23-13-10-20-56(52)59)102-78(116)62(26-16-34-87)97-74(113)46-96-76(114)61(25-15-33-86)99-79(117)63(27-17-35-88)100-81(119)65(37-51-41-91-58-22-12-9-19-55(51)58)103-80(118)64(36-50-29-31-54(108)32-30-50)101-84(122)69(47-107)98-72(111)28-8-6-7-18-48(2)3/h9-14,19-24,29-32,41-43,48-49,61-69,75,91-93,107-108H,5-8,15-18,25-28,33-40,44-47,86-88H2,1-4H3,(H2,89,109)(H2,90,110)(H,94,112)(H,95,115)(H,96,114)(H,97,113)(H,98,111)(H,99,117)(H,100,119)(H,101,122)(H,102,116)(H,103,118)(H,104,120)(H,105,123)(H,106,121)/t49-,61-,62+,63+,64+,65+,66-,67-,68-,69+,75-/m0/s1. The summed E-state index contributed by atoms with van der Waals surface area (Å²) < 4.78 is 0. The predicted molar refractivity (Wildman–Crippen MR) is 458 cm³/mol. The van der Waals surface area contributed by atoms with Crippen LogP contribution in [-0.2, 0) is 97.6 Å². The molecule has 38 heteroatoms. The Balaban J connectivity index is 1.10. The maximum absolute atomic E-state index is 15.3. The van der Waals surface area contributed by atoms with Crippen LogP contribution in [0.4, 0.5) is 0 Å². The molecule has 3 heterocycles. The summed E-state index contributed by atoms with van der Waals surface area (Å²) in [6.45, 7) is 4.80. The summed E-state index contributed by atoms with van der Waals surface area (Å²) in [6, 6.07) is 12.2. The monoisotopic (exact) mass is 1710 g/mol. The third-order valence-electron chi connectivity index (χ3n) is 20.9. The maximum atomic E-state index is 15.3. The Morgan fingerprint density at radius 2 is 0.748 bits per heavy atom. The second-order valence-electron chi connectivity index (χ2n) is 30.9. The lowest BCUT2D eigenvalue weighted by atomic mass is 9.96. The zero-order valence-corrected chi connectivity index (χ0v) is 69.8. The van der Waals surface area contributed by atoms with E-state index in [9.17, 15) is 67.7 Å². The number of fused-ring (bicyclic) bond motifs is 3. The van der Waals surface area contributed by atoms with Crippen molar-refractivity contribution >= 4 is 121 Å². The molecule has 0 spiro atoms. The molecule has 7 rings (SSSR count). The minimum atomic E-state index is -1.67. The molecule has 4 aromatic carbocycles. The number of carbonyl (C=O) groups excluding carboxylic acids is 15. The van der Waals surface area contributed by atoms with Crippen molar-refractivity contribution in [2.24, 2.45) is 40.5 Å². The minimum Gasteiger partial charge on any atom is -0.508 e. The summed E-state index contributed by atoms with van der Waals surface area (Å²) in [5.74, 6) is -13.6. The average Bonchev–Trinajstić information content (AvgIpc) is 1.68. The fourth-order valence-corrected chi connectivity index (χ4v) is 13.9. The van der Waals surface area contributed by atoms with Crippen LogP contribution in [-0.4, -0.2) is 220 Å². The highest BCUT2D eigenvalue weighted by molar-refractivity contribution is 6.01. The molecule has 0 saturated heterocycles. The van der Waals surface area contributed by atoms with Gasteiger partial charge in [-0.3, -0.25) is 71.9 Å². The number of primary amides is 2. The van der Waals surface area contributed by atoms with Crippen LogP contribution in [0.1, 0.15) is 133 Å². The molecule has 0 saturated carbocycles. The number of phenolic OH excluding ortho intramolecular Hbond substituents is 1. The number of nitrogens with one attached hydrogen (secondary N) is 16. The van der Waals surface area contributed by atoms with Crippen molar-refractivity contribution in [3.8, 4) is 5.75 Å². The zero-order chi connectivity index (χ0) is 89.7. The van der Waals surface area contributed by atoms with Crippen LogP contribution in [0.2, 0.25) is 0 Å². The first-order chi connectivity index (χ1) is 58.9. The molecule has 15 amide bonds. The quantitative estimate of drug-likeness (QED) is 0.0193. The van der Waals surface area contributed by atoms with E-state index in [1.165, 1.54) is 24.3 Å². The third kappa shape index (κ3) is 31.3. The first-order valence-electron chi connectivity index (χ1n) is 41.5. The van der Waals surface area contributed by atoms with Crippen LogP contribution in [0, 0.1) is 11.8 Å². The van der Waals surface area contributed by atoms with E-state index >= 15 is 14.4 Å². The number of aromatic nitrogens is 3. The number of unbranched alkanes of at least 4 members (excludes halogenated alkanes) is 2. The molecule has 0 aliphatic rings. The summed E-state index contributed by atoms with van der Waals surface area (Å²) >= 11 is 0. The molecule has 7 aromatic rings. The minimum absolute atomic E-state index is 0.0265. The Morgan fingerprint density at radius 3 is 1.18 bits per heavy atom. The predicted octanol–water partition coefficient (Wildman–Crippen LogP) is -1.47. The van der Waals surface area contributed by atoms with Crippen LogP contribution in [0.5, 0.6) is 5.75 Å². The number of aromatic hydroxyl groups is 1. The Labute approximate surface area is 711 Å². The summed E-state index contributed by atoms with van der Waals surface area (Å²) in [4.78, 5) is 219. The molecular formula is C85H119N21O17. The number of aromatic amines is 3. The summed E-state index contributed by atoms with van der Waals surface area (Å²) in [6.07, 6.45) is 7.01. The second kappa shape index (κ2) is 49.8. The highest BCUT2D eigenvalue weighted by atomic mass is 16.3. The Morgan fingerprint density at radius 1 is 0.366 bits per heavy atom. The highest BCUT2D eigenvalue weighted by Gasteiger charge is 2.38. The van der Waals surface area contributed by atoms with E-state index < -0.39 is 188 Å². The summed E-state index contributed by atoms with van der Waals surface area (Å²) in [5, 5.41) is 56.4. The van der Waals surface area contributed by atoms with E-state index in [-0.39, 0.29) is 102 Å². The van der Waals surface area contributed by atoms with Gasteiger partial charge in [0, 0.05) is 83.4 Å². The average molecular weight is 1710 g/mol. The first-order valence-corrected chi connectivity index (χ1v) is 41.5. The number of phenols is 1. The Hall–Kier alpha value is -12.8. The molecule has 666 valence electrons. The van der Waals surface area contributed by atoms with E-state index in [0.717, 1.165) is 19.3 Å². The smallest absolute Gasteiger partial charge is 0.245 e. The van der Waals surface area contributed by atoms with E-state index in [4.69, 9.17) is 28.7 Å². The topological polar surface area (TPSA) is 630 Å². The normalized spacial score (nSPS) is 14.0. The number of para-hydroxylation sites is 3. The number of hydrogen-bond donors (Lipinski definition) is 23. The number of nitrogens with two attached hydrogens (primary N) is 5. The van der Waals surface area contributed by atoms with E-state index in [1.807, 2.05) is 0 Å². The van der Waals surface area contributed by atoms with Crippen molar-refractivity contribution < 1.29 is 82.1 Å². The molecule has 28 N–H and O–H groups in total.